The number of carbonyl (C=O) groups excluding carboxylic acids is 2. The van der Waals surface area contributed by atoms with E-state index >= 15 is 0 Å². The molecule has 134 valence electrons. The highest BCUT2D eigenvalue weighted by Gasteiger charge is 2.32. The molecule has 0 saturated carbocycles. The number of thiophene rings is 1. The molecule has 3 heterocycles. The summed E-state index contributed by atoms with van der Waals surface area (Å²) >= 11 is 2.90. The molecule has 3 rings (SSSR count). The van der Waals surface area contributed by atoms with Crippen molar-refractivity contribution in [3.8, 4) is 9.88 Å². The Morgan fingerprint density at radius 2 is 2.16 bits per heavy atom. The fourth-order valence-corrected chi connectivity index (χ4v) is 4.01. The van der Waals surface area contributed by atoms with Crippen LogP contribution in [0.4, 0.5) is 4.79 Å². The number of nitrogens with zero attached hydrogens (tertiary/aromatic N) is 2. The van der Waals surface area contributed by atoms with Crippen LogP contribution in [0.5, 0.6) is 0 Å². The van der Waals surface area contributed by atoms with Crippen molar-refractivity contribution in [2.45, 2.75) is 38.9 Å². The highest BCUT2D eigenvalue weighted by molar-refractivity contribution is 7.21. The van der Waals surface area contributed by atoms with Gasteiger partial charge in [0, 0.05) is 13.0 Å². The third-order valence-electron chi connectivity index (χ3n) is 3.51. The van der Waals surface area contributed by atoms with Crippen LogP contribution in [-0.2, 0) is 9.47 Å². The zero-order valence-electron chi connectivity index (χ0n) is 14.4. The molecular formula is C17H20N2O4S2. The molecule has 6 nitrogen and oxygen atoms in total. The summed E-state index contributed by atoms with van der Waals surface area (Å²) in [7, 11) is 0. The molecule has 0 bridgehead atoms. The summed E-state index contributed by atoms with van der Waals surface area (Å²) in [6, 6.07) is 3.91. The van der Waals surface area contributed by atoms with Gasteiger partial charge in [-0.3, -0.25) is 0 Å². The average molecular weight is 380 g/mol. The van der Waals surface area contributed by atoms with E-state index in [1.165, 1.54) is 11.3 Å². The molecule has 0 spiro atoms. The van der Waals surface area contributed by atoms with Gasteiger partial charge in [0.05, 0.1) is 17.6 Å². The number of ether oxygens (including phenoxy) is 2. The van der Waals surface area contributed by atoms with Gasteiger partial charge in [0.1, 0.15) is 21.6 Å². The van der Waals surface area contributed by atoms with Gasteiger partial charge in [-0.05, 0) is 32.2 Å². The number of rotatable bonds is 3. The number of carbonyl (C=O) groups is 2. The molecule has 1 fully saturated rings. The largest absolute Gasteiger partial charge is 0.456 e. The highest BCUT2D eigenvalue weighted by Crippen LogP contribution is 2.29. The van der Waals surface area contributed by atoms with E-state index in [0.29, 0.717) is 24.4 Å². The van der Waals surface area contributed by atoms with Gasteiger partial charge in [0.25, 0.3) is 0 Å². The van der Waals surface area contributed by atoms with Crippen molar-refractivity contribution in [1.29, 1.82) is 0 Å². The maximum atomic E-state index is 12.3. The molecule has 2 aromatic rings. The van der Waals surface area contributed by atoms with Crippen LogP contribution in [0.15, 0.2) is 23.7 Å². The van der Waals surface area contributed by atoms with Gasteiger partial charge >= 0.3 is 12.1 Å². The van der Waals surface area contributed by atoms with Crippen LogP contribution in [-0.4, -0.2) is 46.7 Å². The Hall–Kier alpha value is -1.93. The fraction of sp³-hybridized carbons (Fsp3) is 0.471. The summed E-state index contributed by atoms with van der Waals surface area (Å²) in [5, 5.41) is 2.78. The molecule has 0 radical (unpaired) electrons. The Morgan fingerprint density at radius 1 is 1.36 bits per heavy atom. The molecular weight excluding hydrogens is 360 g/mol. The Balaban J connectivity index is 1.55. The first-order chi connectivity index (χ1) is 11.8. The number of hydrogen-bond donors (Lipinski definition) is 0. The monoisotopic (exact) mass is 380 g/mol. The Kier molecular flexibility index (Phi) is 5.10. The number of aromatic nitrogens is 1. The predicted octanol–water partition coefficient (Wildman–Crippen LogP) is 4.04. The van der Waals surface area contributed by atoms with Crippen LogP contribution in [0.1, 0.15) is 36.9 Å². The number of amides is 1. The summed E-state index contributed by atoms with van der Waals surface area (Å²) in [6.07, 6.45) is 1.47. The lowest BCUT2D eigenvalue weighted by Crippen LogP contribution is -2.36. The molecule has 0 aliphatic carbocycles. The van der Waals surface area contributed by atoms with Crippen LogP contribution in [0.2, 0.25) is 0 Å². The maximum Gasteiger partial charge on any atom is 0.410 e. The van der Waals surface area contributed by atoms with Crippen molar-refractivity contribution >= 4 is 34.7 Å². The quantitative estimate of drug-likeness (QED) is 0.752. The second kappa shape index (κ2) is 7.13. The average Bonchev–Trinajstić information content (AvgIpc) is 3.26. The van der Waals surface area contributed by atoms with Crippen molar-refractivity contribution in [3.63, 3.8) is 0 Å². The van der Waals surface area contributed by atoms with E-state index in [2.05, 4.69) is 4.98 Å². The molecule has 25 heavy (non-hydrogen) atoms. The number of esters is 1. The predicted molar refractivity (Wildman–Crippen MR) is 97.1 cm³/mol. The molecule has 1 aliphatic heterocycles. The minimum absolute atomic E-state index is 0.313. The number of thiazole rings is 1. The maximum absolute atomic E-state index is 12.3. The minimum atomic E-state index is -0.535. The van der Waals surface area contributed by atoms with Crippen LogP contribution >= 0.6 is 22.7 Å². The molecule has 2 aromatic heterocycles. The topological polar surface area (TPSA) is 68.7 Å². The molecule has 0 N–H and O–H groups in total. The van der Waals surface area contributed by atoms with Gasteiger partial charge in [0.2, 0.25) is 0 Å². The third kappa shape index (κ3) is 4.58. The molecule has 0 aromatic carbocycles. The van der Waals surface area contributed by atoms with Crippen LogP contribution < -0.4 is 0 Å². The number of hydrogen-bond acceptors (Lipinski definition) is 7. The molecule has 1 amide bonds. The second-order valence-corrected chi connectivity index (χ2v) is 8.73. The van der Waals surface area contributed by atoms with Crippen molar-refractivity contribution in [2.75, 3.05) is 13.1 Å². The van der Waals surface area contributed by atoms with E-state index < -0.39 is 11.6 Å². The van der Waals surface area contributed by atoms with Gasteiger partial charge in [-0.15, -0.1) is 22.7 Å². The SMILES string of the molecule is CC(C)(C)OC(=O)N1CC[C@H](OC(=O)c2cnc(-c3cccs3)s2)C1. The molecule has 1 saturated heterocycles. The van der Waals surface area contributed by atoms with E-state index in [9.17, 15) is 9.59 Å². The first kappa shape index (κ1) is 17.9. The summed E-state index contributed by atoms with van der Waals surface area (Å²) in [5.41, 5.74) is -0.535. The third-order valence-corrected chi connectivity index (χ3v) is 5.53. The standard InChI is InChI=1S/C17H20N2O4S2/c1-17(2,3)23-16(21)19-7-6-11(10-19)22-15(20)13-9-18-14(25-13)12-5-4-8-24-12/h4-5,8-9,11H,6-7,10H2,1-3H3/t11-/m0/s1. The minimum Gasteiger partial charge on any atom is -0.456 e. The van der Waals surface area contributed by atoms with Gasteiger partial charge in [-0.2, -0.15) is 0 Å². The smallest absolute Gasteiger partial charge is 0.410 e. The summed E-state index contributed by atoms with van der Waals surface area (Å²) in [6.45, 7) is 6.36. The van der Waals surface area contributed by atoms with Gasteiger partial charge < -0.3 is 14.4 Å². The van der Waals surface area contributed by atoms with Crippen molar-refractivity contribution in [2.24, 2.45) is 0 Å². The summed E-state index contributed by atoms with van der Waals surface area (Å²) in [5.74, 6) is -0.392. The van der Waals surface area contributed by atoms with Crippen molar-refractivity contribution in [1.82, 2.24) is 9.88 Å². The zero-order chi connectivity index (χ0) is 18.0. The molecule has 1 aliphatic rings. The lowest BCUT2D eigenvalue weighted by molar-refractivity contribution is 0.0193. The van der Waals surface area contributed by atoms with E-state index in [1.54, 1.807) is 22.4 Å². The van der Waals surface area contributed by atoms with Gasteiger partial charge in [-0.25, -0.2) is 14.6 Å². The van der Waals surface area contributed by atoms with Crippen molar-refractivity contribution in [3.05, 3.63) is 28.6 Å². The summed E-state index contributed by atoms with van der Waals surface area (Å²) < 4.78 is 10.9. The first-order valence-electron chi connectivity index (χ1n) is 8.00. The molecule has 1 atom stereocenters. The Morgan fingerprint density at radius 3 is 2.84 bits per heavy atom. The second-order valence-electron chi connectivity index (χ2n) is 6.75. The summed E-state index contributed by atoms with van der Waals surface area (Å²) in [4.78, 5) is 31.7. The Bertz CT molecular complexity index is 749. The fourth-order valence-electron chi connectivity index (χ4n) is 2.41. The van der Waals surface area contributed by atoms with Crippen LogP contribution in [0.3, 0.4) is 0 Å². The van der Waals surface area contributed by atoms with Gasteiger partial charge in [-0.1, -0.05) is 6.07 Å². The lowest BCUT2D eigenvalue weighted by Gasteiger charge is -2.24. The van der Waals surface area contributed by atoms with Crippen molar-refractivity contribution < 1.29 is 19.1 Å². The van der Waals surface area contributed by atoms with E-state index in [0.717, 1.165) is 9.88 Å². The van der Waals surface area contributed by atoms with E-state index in [4.69, 9.17) is 9.47 Å². The first-order valence-corrected chi connectivity index (χ1v) is 9.70. The lowest BCUT2D eigenvalue weighted by atomic mass is 10.2. The molecule has 8 heteroatoms. The van der Waals surface area contributed by atoms with E-state index in [-0.39, 0.29) is 12.2 Å². The zero-order valence-corrected chi connectivity index (χ0v) is 16.0. The van der Waals surface area contributed by atoms with Crippen LogP contribution in [0, 0.1) is 0 Å². The highest BCUT2D eigenvalue weighted by atomic mass is 32.1. The van der Waals surface area contributed by atoms with Crippen LogP contribution in [0.25, 0.3) is 9.88 Å². The van der Waals surface area contributed by atoms with Gasteiger partial charge in [0.15, 0.2) is 0 Å². The number of likely N-dealkylation sites (tertiary alicyclic amines) is 1. The normalized spacial score (nSPS) is 17.6. The Labute approximate surface area is 154 Å². The van der Waals surface area contributed by atoms with E-state index in [1.807, 2.05) is 38.3 Å². The molecule has 0 unspecified atom stereocenters.